The number of rotatable bonds is 11. The summed E-state index contributed by atoms with van der Waals surface area (Å²) in [5, 5.41) is 8.70. The van der Waals surface area contributed by atoms with Crippen molar-refractivity contribution < 1.29 is 5.11 Å². The maximum atomic E-state index is 8.70. The van der Waals surface area contributed by atoms with Gasteiger partial charge in [-0.15, -0.1) is 11.8 Å². The maximum absolute atomic E-state index is 8.70. The second kappa shape index (κ2) is 9.52. The van der Waals surface area contributed by atoms with Gasteiger partial charge in [-0.05, 0) is 55.8 Å². The monoisotopic (exact) mass is 290 g/mol. The summed E-state index contributed by atoms with van der Waals surface area (Å²) < 4.78 is 0. The molecule has 0 saturated heterocycles. The molecule has 2 rings (SSSR count). The van der Waals surface area contributed by atoms with Gasteiger partial charge in [-0.3, -0.25) is 0 Å². The Bertz CT molecular complexity index is 337. The smallest absolute Gasteiger partial charge is 0.0431 e. The molecule has 0 heterocycles. The van der Waals surface area contributed by atoms with Crippen molar-refractivity contribution in [3.05, 3.63) is 0 Å². The summed E-state index contributed by atoms with van der Waals surface area (Å²) in [6, 6.07) is 0. The fraction of sp³-hybridized carbons (Fsp3) is 0.900. The molecule has 1 N–H and O–H groups in total. The summed E-state index contributed by atoms with van der Waals surface area (Å²) in [6.07, 6.45) is 15.7. The highest BCUT2D eigenvalue weighted by Crippen LogP contribution is 2.54. The van der Waals surface area contributed by atoms with Crippen LogP contribution in [0.3, 0.4) is 0 Å². The molecule has 0 aromatic heterocycles. The quantitative estimate of drug-likeness (QED) is 0.411. The molecule has 2 saturated carbocycles. The van der Waals surface area contributed by atoms with Gasteiger partial charge in [-0.25, -0.2) is 0 Å². The molecule has 2 fully saturated rings. The van der Waals surface area contributed by atoms with E-state index < -0.39 is 0 Å². The molecule has 1 nitrogen and oxygen atoms in total. The van der Waals surface area contributed by atoms with E-state index >= 15 is 0 Å². The zero-order valence-corrected chi connectivity index (χ0v) is 13.9. The van der Waals surface area contributed by atoms with E-state index in [4.69, 9.17) is 5.11 Å². The number of hydrogen-bond donors (Lipinski definition) is 1. The Morgan fingerprint density at radius 2 is 1.67 bits per heavy atom. The van der Waals surface area contributed by atoms with Crippen LogP contribution in [0.2, 0.25) is 0 Å². The van der Waals surface area contributed by atoms with E-state index in [1.165, 1.54) is 44.9 Å². The van der Waals surface area contributed by atoms with E-state index in [2.05, 4.69) is 18.8 Å². The van der Waals surface area contributed by atoms with Crippen LogP contribution in [0, 0.1) is 35.5 Å². The molecular weight excluding hydrogens is 256 g/mol. The molecule has 2 aliphatic carbocycles. The highest BCUT2D eigenvalue weighted by atomic mass is 16.2. The lowest BCUT2D eigenvalue weighted by Crippen LogP contribution is -1.88. The predicted octanol–water partition coefficient (Wildman–Crippen LogP) is 5.18. The van der Waals surface area contributed by atoms with Crippen molar-refractivity contribution in [1.82, 2.24) is 0 Å². The molecule has 0 radical (unpaired) electrons. The summed E-state index contributed by atoms with van der Waals surface area (Å²) >= 11 is 0. The van der Waals surface area contributed by atoms with Crippen LogP contribution in [0.5, 0.6) is 0 Å². The van der Waals surface area contributed by atoms with Crippen molar-refractivity contribution in [1.29, 1.82) is 0 Å². The molecule has 0 aliphatic heterocycles. The Labute approximate surface area is 131 Å². The Kier molecular flexibility index (Phi) is 7.65. The van der Waals surface area contributed by atoms with Crippen LogP contribution in [0.1, 0.15) is 84.0 Å². The van der Waals surface area contributed by atoms with Crippen LogP contribution in [0.4, 0.5) is 0 Å². The first-order valence-corrected chi connectivity index (χ1v) is 9.41. The molecular formula is C20H34O. The SMILES string of the molecule is CCCCCC1CC1C[C@@H]1C[C@@H]1CC#CCCCCCO. The molecule has 2 unspecified atom stereocenters. The molecule has 0 aromatic carbocycles. The van der Waals surface area contributed by atoms with Crippen molar-refractivity contribution in [3.8, 4) is 11.8 Å². The second-order valence-electron chi connectivity index (χ2n) is 7.34. The first kappa shape index (κ1) is 16.9. The predicted molar refractivity (Wildman–Crippen MR) is 89.9 cm³/mol. The average Bonchev–Trinajstić information content (AvgIpc) is 3.39. The van der Waals surface area contributed by atoms with Crippen molar-refractivity contribution in [2.75, 3.05) is 6.61 Å². The van der Waals surface area contributed by atoms with Crippen LogP contribution in [0.25, 0.3) is 0 Å². The molecule has 0 amide bonds. The van der Waals surface area contributed by atoms with Crippen LogP contribution in [-0.2, 0) is 0 Å². The van der Waals surface area contributed by atoms with Gasteiger partial charge in [-0.2, -0.15) is 0 Å². The molecule has 0 aromatic rings. The summed E-state index contributed by atoms with van der Waals surface area (Å²) in [6.45, 7) is 2.63. The Balaban J connectivity index is 1.43. The van der Waals surface area contributed by atoms with Gasteiger partial charge in [0.1, 0.15) is 0 Å². The highest BCUT2D eigenvalue weighted by Gasteiger charge is 2.44. The largest absolute Gasteiger partial charge is 0.396 e. The van der Waals surface area contributed by atoms with E-state index in [-0.39, 0.29) is 0 Å². The molecule has 120 valence electrons. The van der Waals surface area contributed by atoms with Crippen molar-refractivity contribution >= 4 is 0 Å². The number of unbranched alkanes of at least 4 members (excludes halogenated alkanes) is 5. The first-order valence-electron chi connectivity index (χ1n) is 9.41. The molecule has 0 spiro atoms. The van der Waals surface area contributed by atoms with Crippen molar-refractivity contribution in [2.45, 2.75) is 84.0 Å². The molecule has 2 aliphatic rings. The van der Waals surface area contributed by atoms with Crippen LogP contribution < -0.4 is 0 Å². The molecule has 0 bridgehead atoms. The molecule has 21 heavy (non-hydrogen) atoms. The Morgan fingerprint density at radius 1 is 0.857 bits per heavy atom. The number of hydrogen-bond acceptors (Lipinski definition) is 1. The highest BCUT2D eigenvalue weighted by molar-refractivity contribution is 5.05. The minimum absolute atomic E-state index is 0.331. The van der Waals surface area contributed by atoms with E-state index in [0.717, 1.165) is 55.8 Å². The van der Waals surface area contributed by atoms with E-state index in [9.17, 15) is 0 Å². The Morgan fingerprint density at radius 3 is 2.48 bits per heavy atom. The van der Waals surface area contributed by atoms with Gasteiger partial charge in [-0.1, -0.05) is 39.0 Å². The van der Waals surface area contributed by atoms with Gasteiger partial charge in [0.25, 0.3) is 0 Å². The third-order valence-electron chi connectivity index (χ3n) is 5.37. The summed E-state index contributed by atoms with van der Waals surface area (Å²) in [5.41, 5.74) is 0. The zero-order valence-electron chi connectivity index (χ0n) is 13.9. The van der Waals surface area contributed by atoms with E-state index in [0.29, 0.717) is 6.61 Å². The number of aliphatic hydroxyl groups excluding tert-OH is 1. The van der Waals surface area contributed by atoms with Crippen molar-refractivity contribution in [3.63, 3.8) is 0 Å². The summed E-state index contributed by atoms with van der Waals surface area (Å²) in [5.74, 6) is 10.8. The first-order chi connectivity index (χ1) is 10.3. The molecule has 1 heteroatoms. The van der Waals surface area contributed by atoms with Crippen LogP contribution >= 0.6 is 0 Å². The van der Waals surface area contributed by atoms with Gasteiger partial charge in [0.2, 0.25) is 0 Å². The third kappa shape index (κ3) is 6.88. The third-order valence-corrected chi connectivity index (χ3v) is 5.37. The summed E-state index contributed by atoms with van der Waals surface area (Å²) in [4.78, 5) is 0. The zero-order chi connectivity index (χ0) is 14.9. The average molecular weight is 290 g/mol. The van der Waals surface area contributed by atoms with Gasteiger partial charge in [0.15, 0.2) is 0 Å². The second-order valence-corrected chi connectivity index (χ2v) is 7.34. The van der Waals surface area contributed by atoms with Crippen LogP contribution in [-0.4, -0.2) is 11.7 Å². The number of aliphatic hydroxyl groups is 1. The van der Waals surface area contributed by atoms with Gasteiger partial charge in [0.05, 0.1) is 0 Å². The van der Waals surface area contributed by atoms with Gasteiger partial charge < -0.3 is 5.11 Å². The standard InChI is InChI=1S/C20H34O/c1-2-3-8-11-17-14-19(17)16-20-15-18(20)12-9-6-4-5-7-10-13-21/h17-21H,2-5,7-8,10-16H2,1H3/t17?,18-,19?,20-/m0/s1. The normalized spacial score (nSPS) is 29.8. The minimum atomic E-state index is 0.331. The fourth-order valence-electron chi connectivity index (χ4n) is 3.64. The lowest BCUT2D eigenvalue weighted by Gasteiger charge is -1.99. The lowest BCUT2D eigenvalue weighted by molar-refractivity contribution is 0.283. The van der Waals surface area contributed by atoms with E-state index in [1.54, 1.807) is 0 Å². The Hall–Kier alpha value is -0.480. The molecule has 4 atom stereocenters. The minimum Gasteiger partial charge on any atom is -0.396 e. The summed E-state index contributed by atoms with van der Waals surface area (Å²) in [7, 11) is 0. The van der Waals surface area contributed by atoms with Gasteiger partial charge >= 0.3 is 0 Å². The van der Waals surface area contributed by atoms with Crippen LogP contribution in [0.15, 0.2) is 0 Å². The topological polar surface area (TPSA) is 20.2 Å². The fourth-order valence-corrected chi connectivity index (χ4v) is 3.64. The maximum Gasteiger partial charge on any atom is 0.0431 e. The van der Waals surface area contributed by atoms with Crippen molar-refractivity contribution in [2.24, 2.45) is 23.7 Å². The van der Waals surface area contributed by atoms with Gasteiger partial charge in [0, 0.05) is 19.4 Å². The van der Waals surface area contributed by atoms with E-state index in [1.807, 2.05) is 0 Å². The lowest BCUT2D eigenvalue weighted by atomic mass is 10.1.